The number of methoxy groups -OCH3 is 1. The maximum Gasteiger partial charge on any atom is 0.335 e. The molecule has 1 rings (SSSR count). The molecule has 0 aliphatic heterocycles. The number of carboxylic acids is 1. The lowest BCUT2D eigenvalue weighted by atomic mass is 10.0. The predicted octanol–water partition coefficient (Wildman–Crippen LogP) is 1.16. The molecule has 4 nitrogen and oxygen atoms in total. The van der Waals surface area contributed by atoms with E-state index in [4.69, 9.17) is 9.84 Å². The molecule has 0 heterocycles. The van der Waals surface area contributed by atoms with Gasteiger partial charge >= 0.3 is 5.97 Å². The number of aromatic carboxylic acids is 1. The van der Waals surface area contributed by atoms with Crippen LogP contribution >= 0.6 is 0 Å². The van der Waals surface area contributed by atoms with Crippen LogP contribution < -0.4 is 5.32 Å². The molecule has 0 amide bonds. The van der Waals surface area contributed by atoms with Crippen molar-refractivity contribution in [1.29, 1.82) is 0 Å². The zero-order valence-corrected chi connectivity index (χ0v) is 9.40. The van der Waals surface area contributed by atoms with Crippen molar-refractivity contribution >= 4 is 5.97 Å². The predicted molar refractivity (Wildman–Crippen MR) is 61.9 cm³/mol. The molecule has 4 heteroatoms. The average molecular weight is 223 g/mol. The Morgan fingerprint density at radius 1 is 1.38 bits per heavy atom. The summed E-state index contributed by atoms with van der Waals surface area (Å²) in [5.41, 5.74) is 1.25. The van der Waals surface area contributed by atoms with Crippen molar-refractivity contribution in [2.45, 2.75) is 6.42 Å². The lowest BCUT2D eigenvalue weighted by Crippen LogP contribution is -2.22. The van der Waals surface area contributed by atoms with Crippen LogP contribution in [0.3, 0.4) is 0 Å². The summed E-state index contributed by atoms with van der Waals surface area (Å²) in [6, 6.07) is 7.08. The molecule has 0 aromatic heterocycles. The number of ether oxygens (including phenoxy) is 1. The second-order valence-electron chi connectivity index (χ2n) is 3.46. The first-order valence-corrected chi connectivity index (χ1v) is 5.26. The summed E-state index contributed by atoms with van der Waals surface area (Å²) in [5.74, 6) is -0.868. The van der Waals surface area contributed by atoms with Gasteiger partial charge in [-0.15, -0.1) is 0 Å². The summed E-state index contributed by atoms with van der Waals surface area (Å²) in [6.07, 6.45) is 0.714. The highest BCUT2D eigenvalue weighted by Crippen LogP contribution is 2.08. The van der Waals surface area contributed by atoms with E-state index in [1.54, 1.807) is 19.2 Å². The van der Waals surface area contributed by atoms with Crippen molar-refractivity contribution in [2.24, 2.45) is 0 Å². The van der Waals surface area contributed by atoms with E-state index in [2.05, 4.69) is 5.32 Å². The molecule has 0 bridgehead atoms. The molecule has 0 fully saturated rings. The Labute approximate surface area is 95.2 Å². The molecule has 0 aliphatic carbocycles. The van der Waals surface area contributed by atoms with Gasteiger partial charge in [0.25, 0.3) is 0 Å². The Bertz CT molecular complexity index is 339. The summed E-state index contributed by atoms with van der Waals surface area (Å²) >= 11 is 0. The van der Waals surface area contributed by atoms with Crippen molar-refractivity contribution in [2.75, 3.05) is 26.8 Å². The van der Waals surface area contributed by atoms with Gasteiger partial charge in [-0.2, -0.15) is 0 Å². The lowest BCUT2D eigenvalue weighted by Gasteiger charge is -2.06. The Morgan fingerprint density at radius 2 is 2.12 bits per heavy atom. The molecule has 0 aliphatic rings. The molecule has 0 saturated heterocycles. The topological polar surface area (TPSA) is 58.6 Å². The highest BCUT2D eigenvalue weighted by atomic mass is 16.5. The number of carbonyl (C=O) groups is 1. The highest BCUT2D eigenvalue weighted by Gasteiger charge is 2.07. The van der Waals surface area contributed by atoms with Gasteiger partial charge in [-0.05, 0) is 24.6 Å². The molecular weight excluding hydrogens is 206 g/mol. The third-order valence-electron chi connectivity index (χ3n) is 2.30. The number of nitrogens with one attached hydrogen (secondary N) is 1. The van der Waals surface area contributed by atoms with Gasteiger partial charge in [-0.3, -0.25) is 0 Å². The van der Waals surface area contributed by atoms with Crippen LogP contribution in [0.5, 0.6) is 0 Å². The molecule has 0 unspecified atom stereocenters. The smallest absolute Gasteiger partial charge is 0.335 e. The molecular formula is C12H17NO3. The van der Waals surface area contributed by atoms with E-state index in [0.717, 1.165) is 18.7 Å². The number of rotatable bonds is 7. The fourth-order valence-corrected chi connectivity index (χ4v) is 1.47. The van der Waals surface area contributed by atoms with Crippen molar-refractivity contribution < 1.29 is 14.6 Å². The maximum absolute atomic E-state index is 10.9. The fraction of sp³-hybridized carbons (Fsp3) is 0.417. The van der Waals surface area contributed by atoms with E-state index >= 15 is 0 Å². The van der Waals surface area contributed by atoms with Gasteiger partial charge in [0.05, 0.1) is 12.2 Å². The summed E-state index contributed by atoms with van der Waals surface area (Å²) < 4.78 is 4.90. The molecule has 2 N–H and O–H groups in total. The second-order valence-corrected chi connectivity index (χ2v) is 3.46. The quantitative estimate of drug-likeness (QED) is 0.681. The minimum absolute atomic E-state index is 0.385. The van der Waals surface area contributed by atoms with Gasteiger partial charge in [0.15, 0.2) is 0 Å². The molecule has 1 aromatic carbocycles. The van der Waals surface area contributed by atoms with Crippen molar-refractivity contribution in [1.82, 2.24) is 5.32 Å². The zero-order chi connectivity index (χ0) is 11.8. The summed E-state index contributed by atoms with van der Waals surface area (Å²) in [6.45, 7) is 2.21. The number of hydrogen-bond acceptors (Lipinski definition) is 3. The number of hydrogen-bond donors (Lipinski definition) is 2. The van der Waals surface area contributed by atoms with E-state index in [0.29, 0.717) is 18.6 Å². The van der Waals surface area contributed by atoms with E-state index < -0.39 is 5.97 Å². The highest BCUT2D eigenvalue weighted by molar-refractivity contribution is 5.89. The monoisotopic (exact) mass is 223 g/mol. The SMILES string of the molecule is COCCNCCc1ccccc1C(=O)O. The van der Waals surface area contributed by atoms with Gasteiger partial charge in [-0.1, -0.05) is 18.2 Å². The summed E-state index contributed by atoms with van der Waals surface area (Å²) in [5, 5.41) is 12.1. The largest absolute Gasteiger partial charge is 0.478 e. The molecule has 16 heavy (non-hydrogen) atoms. The summed E-state index contributed by atoms with van der Waals surface area (Å²) in [7, 11) is 1.65. The van der Waals surface area contributed by atoms with Gasteiger partial charge < -0.3 is 15.2 Å². The van der Waals surface area contributed by atoms with Crippen LogP contribution in [0.4, 0.5) is 0 Å². The third-order valence-corrected chi connectivity index (χ3v) is 2.30. The Kier molecular flexibility index (Phi) is 5.53. The van der Waals surface area contributed by atoms with Gasteiger partial charge in [0, 0.05) is 13.7 Å². The minimum Gasteiger partial charge on any atom is -0.478 e. The minimum atomic E-state index is -0.868. The van der Waals surface area contributed by atoms with Crippen LogP contribution in [-0.2, 0) is 11.2 Å². The van der Waals surface area contributed by atoms with Crippen molar-refractivity contribution in [3.8, 4) is 0 Å². The third kappa shape index (κ3) is 4.00. The fourth-order valence-electron chi connectivity index (χ4n) is 1.47. The van der Waals surface area contributed by atoms with E-state index in [1.807, 2.05) is 12.1 Å². The summed E-state index contributed by atoms with van der Waals surface area (Å²) in [4.78, 5) is 10.9. The first-order valence-electron chi connectivity index (χ1n) is 5.26. The van der Waals surface area contributed by atoms with E-state index in [1.165, 1.54) is 0 Å². The number of carboxylic acid groups (broad SMARTS) is 1. The van der Waals surface area contributed by atoms with Gasteiger partial charge in [0.2, 0.25) is 0 Å². The second kappa shape index (κ2) is 6.98. The van der Waals surface area contributed by atoms with Crippen molar-refractivity contribution in [3.63, 3.8) is 0 Å². The molecule has 0 radical (unpaired) electrons. The van der Waals surface area contributed by atoms with Crippen LogP contribution in [0, 0.1) is 0 Å². The van der Waals surface area contributed by atoms with Gasteiger partial charge in [-0.25, -0.2) is 4.79 Å². The molecule has 0 saturated carbocycles. The van der Waals surface area contributed by atoms with E-state index in [-0.39, 0.29) is 0 Å². The first-order chi connectivity index (χ1) is 7.75. The normalized spacial score (nSPS) is 10.3. The number of benzene rings is 1. The average Bonchev–Trinajstić information content (AvgIpc) is 2.29. The maximum atomic E-state index is 10.9. The van der Waals surface area contributed by atoms with E-state index in [9.17, 15) is 4.79 Å². The molecule has 0 spiro atoms. The molecule has 88 valence electrons. The van der Waals surface area contributed by atoms with Crippen LogP contribution in [0.2, 0.25) is 0 Å². The van der Waals surface area contributed by atoms with Crippen LogP contribution in [-0.4, -0.2) is 37.9 Å². The van der Waals surface area contributed by atoms with Crippen LogP contribution in [0.1, 0.15) is 15.9 Å². The Morgan fingerprint density at radius 3 is 2.81 bits per heavy atom. The lowest BCUT2D eigenvalue weighted by molar-refractivity contribution is 0.0695. The van der Waals surface area contributed by atoms with Crippen LogP contribution in [0.15, 0.2) is 24.3 Å². The Balaban J connectivity index is 2.44. The zero-order valence-electron chi connectivity index (χ0n) is 9.40. The molecule has 0 atom stereocenters. The van der Waals surface area contributed by atoms with Crippen molar-refractivity contribution in [3.05, 3.63) is 35.4 Å². The Hall–Kier alpha value is -1.39. The van der Waals surface area contributed by atoms with Gasteiger partial charge in [0.1, 0.15) is 0 Å². The standard InChI is InChI=1S/C12H17NO3/c1-16-9-8-13-7-6-10-4-2-3-5-11(10)12(14)15/h2-5,13H,6-9H2,1H3,(H,14,15). The van der Waals surface area contributed by atoms with Crippen LogP contribution in [0.25, 0.3) is 0 Å². The molecule has 1 aromatic rings. The first kappa shape index (κ1) is 12.7.